The van der Waals surface area contributed by atoms with Crippen molar-refractivity contribution in [3.8, 4) is 6.07 Å². The molecule has 7 nitrogen and oxygen atoms in total. The van der Waals surface area contributed by atoms with Crippen molar-refractivity contribution in [2.45, 2.75) is 39.3 Å². The Kier molecular flexibility index (Phi) is 6.59. The lowest BCUT2D eigenvalue weighted by molar-refractivity contribution is 0.0516. The minimum absolute atomic E-state index is 0.239. The number of likely N-dealkylation sites (N-methyl/N-ethyl adjacent to an activating group) is 1. The number of carbonyl (C=O) groups is 2. The van der Waals surface area contributed by atoms with Crippen molar-refractivity contribution in [3.63, 3.8) is 0 Å². The molecular formula is C17H24N4O3. The molecular weight excluding hydrogens is 308 g/mol. The number of hydrogen-bond donors (Lipinski definition) is 2. The second-order valence-corrected chi connectivity index (χ2v) is 6.47. The molecule has 0 heterocycles. The third-order valence-corrected chi connectivity index (χ3v) is 3.17. The minimum Gasteiger partial charge on any atom is -0.444 e. The Morgan fingerprint density at radius 3 is 2.62 bits per heavy atom. The molecule has 130 valence electrons. The quantitative estimate of drug-likeness (QED) is 0.886. The monoisotopic (exact) mass is 332 g/mol. The van der Waals surface area contributed by atoms with Gasteiger partial charge in [0.1, 0.15) is 5.60 Å². The Balaban J connectivity index is 2.52. The van der Waals surface area contributed by atoms with Crippen LogP contribution in [0.5, 0.6) is 0 Å². The lowest BCUT2D eigenvalue weighted by atomic mass is 10.2. The molecule has 1 atom stereocenters. The zero-order valence-electron chi connectivity index (χ0n) is 14.7. The first kappa shape index (κ1) is 19.3. The van der Waals surface area contributed by atoms with Gasteiger partial charge in [0.25, 0.3) is 0 Å². The Hall–Kier alpha value is -2.75. The van der Waals surface area contributed by atoms with Gasteiger partial charge in [-0.3, -0.25) is 0 Å². The van der Waals surface area contributed by atoms with Gasteiger partial charge < -0.3 is 20.3 Å². The van der Waals surface area contributed by atoms with Crippen LogP contribution in [0.15, 0.2) is 24.3 Å². The van der Waals surface area contributed by atoms with Crippen molar-refractivity contribution < 1.29 is 14.3 Å². The van der Waals surface area contributed by atoms with Gasteiger partial charge in [-0.05, 0) is 45.9 Å². The Morgan fingerprint density at radius 2 is 2.04 bits per heavy atom. The molecule has 3 amide bonds. The lowest BCUT2D eigenvalue weighted by Crippen LogP contribution is -2.45. The number of carbonyl (C=O) groups excluding carboxylic acids is 2. The molecule has 1 rings (SSSR count). The van der Waals surface area contributed by atoms with Crippen LogP contribution in [0.3, 0.4) is 0 Å². The second-order valence-electron chi connectivity index (χ2n) is 6.47. The Morgan fingerprint density at radius 1 is 1.38 bits per heavy atom. The van der Waals surface area contributed by atoms with E-state index in [2.05, 4.69) is 10.6 Å². The summed E-state index contributed by atoms with van der Waals surface area (Å²) in [6.45, 7) is 7.42. The SMILES string of the molecule is CC(CNC(=O)OC(C)(C)C)N(C)C(=O)Nc1cccc(C#N)c1. The number of nitrogens with one attached hydrogen (secondary N) is 2. The fourth-order valence-corrected chi connectivity index (χ4v) is 1.76. The summed E-state index contributed by atoms with van der Waals surface area (Å²) in [6, 6.07) is 8.10. The molecule has 1 aromatic carbocycles. The normalized spacial score (nSPS) is 11.8. The molecule has 1 unspecified atom stereocenters. The van der Waals surface area contributed by atoms with E-state index in [1.165, 1.54) is 4.90 Å². The van der Waals surface area contributed by atoms with Crippen molar-refractivity contribution >= 4 is 17.8 Å². The van der Waals surface area contributed by atoms with Gasteiger partial charge in [-0.1, -0.05) is 6.07 Å². The van der Waals surface area contributed by atoms with Crippen molar-refractivity contribution in [2.75, 3.05) is 18.9 Å². The number of rotatable bonds is 4. The van der Waals surface area contributed by atoms with E-state index in [0.717, 1.165) is 0 Å². The first-order valence-electron chi connectivity index (χ1n) is 7.63. The summed E-state index contributed by atoms with van der Waals surface area (Å²) in [5.41, 5.74) is 0.441. The molecule has 1 aromatic rings. The standard InChI is InChI=1S/C17H24N4O3/c1-12(11-19-16(23)24-17(2,3)4)21(5)15(22)20-14-8-6-7-13(9-14)10-18/h6-9,12H,11H2,1-5H3,(H,19,23)(H,20,22). The van der Waals surface area contributed by atoms with Gasteiger partial charge in [0, 0.05) is 25.3 Å². The zero-order chi connectivity index (χ0) is 18.3. The van der Waals surface area contributed by atoms with E-state index in [4.69, 9.17) is 10.00 Å². The van der Waals surface area contributed by atoms with Crippen LogP contribution in [0.4, 0.5) is 15.3 Å². The molecule has 0 saturated carbocycles. The van der Waals surface area contributed by atoms with Crippen LogP contribution in [0.2, 0.25) is 0 Å². The molecule has 7 heteroatoms. The third-order valence-electron chi connectivity index (χ3n) is 3.17. The van der Waals surface area contributed by atoms with Gasteiger partial charge in [0.15, 0.2) is 0 Å². The molecule has 0 bridgehead atoms. The van der Waals surface area contributed by atoms with Crippen LogP contribution in [0, 0.1) is 11.3 Å². The number of nitrogens with zero attached hydrogens (tertiary/aromatic N) is 2. The highest BCUT2D eigenvalue weighted by Crippen LogP contribution is 2.11. The topological polar surface area (TPSA) is 94.5 Å². The van der Waals surface area contributed by atoms with E-state index in [0.29, 0.717) is 11.3 Å². The highest BCUT2D eigenvalue weighted by molar-refractivity contribution is 5.89. The van der Waals surface area contributed by atoms with Crippen molar-refractivity contribution in [3.05, 3.63) is 29.8 Å². The second kappa shape index (κ2) is 8.20. The van der Waals surface area contributed by atoms with E-state index >= 15 is 0 Å². The summed E-state index contributed by atoms with van der Waals surface area (Å²) in [4.78, 5) is 25.3. The number of benzene rings is 1. The summed E-state index contributed by atoms with van der Waals surface area (Å²) in [7, 11) is 1.63. The number of anilines is 1. The maximum absolute atomic E-state index is 12.2. The molecule has 0 spiro atoms. The number of alkyl carbamates (subject to hydrolysis) is 1. The zero-order valence-corrected chi connectivity index (χ0v) is 14.7. The third kappa shape index (κ3) is 6.57. The van der Waals surface area contributed by atoms with Crippen LogP contribution in [0.1, 0.15) is 33.3 Å². The van der Waals surface area contributed by atoms with E-state index < -0.39 is 11.7 Å². The maximum Gasteiger partial charge on any atom is 0.407 e. The van der Waals surface area contributed by atoms with Gasteiger partial charge >= 0.3 is 12.1 Å². The summed E-state index contributed by atoms with van der Waals surface area (Å²) in [5, 5.41) is 14.2. The molecule has 0 radical (unpaired) electrons. The van der Waals surface area contributed by atoms with Gasteiger partial charge in [-0.2, -0.15) is 5.26 Å². The summed E-state index contributed by atoms with van der Waals surface area (Å²) in [5.74, 6) is 0. The number of nitriles is 1. The van der Waals surface area contributed by atoms with Crippen LogP contribution >= 0.6 is 0 Å². The largest absolute Gasteiger partial charge is 0.444 e. The first-order valence-corrected chi connectivity index (χ1v) is 7.63. The summed E-state index contributed by atoms with van der Waals surface area (Å²) < 4.78 is 5.15. The lowest BCUT2D eigenvalue weighted by Gasteiger charge is -2.26. The smallest absolute Gasteiger partial charge is 0.407 e. The van der Waals surface area contributed by atoms with E-state index in [1.807, 2.05) is 13.0 Å². The fraction of sp³-hybridized carbons (Fsp3) is 0.471. The molecule has 0 aliphatic carbocycles. The number of amides is 3. The average Bonchev–Trinajstić information content (AvgIpc) is 2.50. The van der Waals surface area contributed by atoms with Gasteiger partial charge in [0.2, 0.25) is 0 Å². The maximum atomic E-state index is 12.2. The molecule has 0 aliphatic heterocycles. The van der Waals surface area contributed by atoms with Crippen LogP contribution in [-0.2, 0) is 4.74 Å². The highest BCUT2D eigenvalue weighted by atomic mass is 16.6. The molecule has 0 saturated heterocycles. The molecule has 0 aromatic heterocycles. The predicted molar refractivity (Wildman–Crippen MR) is 91.6 cm³/mol. The molecule has 24 heavy (non-hydrogen) atoms. The Bertz CT molecular complexity index is 631. The average molecular weight is 332 g/mol. The van der Waals surface area contributed by atoms with Crippen molar-refractivity contribution in [1.29, 1.82) is 5.26 Å². The first-order chi connectivity index (χ1) is 11.1. The van der Waals surface area contributed by atoms with Crippen LogP contribution < -0.4 is 10.6 Å². The van der Waals surface area contributed by atoms with E-state index in [1.54, 1.807) is 52.1 Å². The molecule has 0 fully saturated rings. The summed E-state index contributed by atoms with van der Waals surface area (Å²) >= 11 is 0. The summed E-state index contributed by atoms with van der Waals surface area (Å²) in [6.07, 6.45) is -0.523. The van der Waals surface area contributed by atoms with E-state index in [-0.39, 0.29) is 18.6 Å². The number of ether oxygens (including phenoxy) is 1. The molecule has 0 aliphatic rings. The number of urea groups is 1. The number of hydrogen-bond acceptors (Lipinski definition) is 4. The van der Waals surface area contributed by atoms with Gasteiger partial charge in [-0.15, -0.1) is 0 Å². The fourth-order valence-electron chi connectivity index (χ4n) is 1.76. The van der Waals surface area contributed by atoms with Crippen molar-refractivity contribution in [1.82, 2.24) is 10.2 Å². The minimum atomic E-state index is -0.567. The van der Waals surface area contributed by atoms with Gasteiger partial charge in [-0.25, -0.2) is 9.59 Å². The van der Waals surface area contributed by atoms with Crippen molar-refractivity contribution in [2.24, 2.45) is 0 Å². The van der Waals surface area contributed by atoms with Gasteiger partial charge in [0.05, 0.1) is 11.6 Å². The Labute approximate surface area is 142 Å². The van der Waals surface area contributed by atoms with Crippen LogP contribution in [-0.4, -0.2) is 42.3 Å². The molecule has 2 N–H and O–H groups in total. The van der Waals surface area contributed by atoms with E-state index in [9.17, 15) is 9.59 Å². The highest BCUT2D eigenvalue weighted by Gasteiger charge is 2.19. The predicted octanol–water partition coefficient (Wildman–Crippen LogP) is 2.94. The van der Waals surface area contributed by atoms with Crippen LogP contribution in [0.25, 0.3) is 0 Å².